The first-order valence-electron chi connectivity index (χ1n) is 10.3. The van der Waals surface area contributed by atoms with Crippen LogP contribution < -0.4 is 5.32 Å². The molecule has 1 saturated heterocycles. The van der Waals surface area contributed by atoms with Gasteiger partial charge >= 0.3 is 0 Å². The second-order valence-corrected chi connectivity index (χ2v) is 8.31. The molecule has 1 rings (SSSR count). The quantitative estimate of drug-likeness (QED) is 0.480. The minimum atomic E-state index is -0.356. The van der Waals surface area contributed by atoms with Crippen LogP contribution in [0.5, 0.6) is 0 Å². The number of hydrogen-bond acceptors (Lipinski definition) is 6. The van der Waals surface area contributed by atoms with Gasteiger partial charge in [0.15, 0.2) is 0 Å². The van der Waals surface area contributed by atoms with E-state index in [4.69, 9.17) is 14.2 Å². The zero-order valence-electron chi connectivity index (χ0n) is 18.1. The van der Waals surface area contributed by atoms with Gasteiger partial charge in [-0.25, -0.2) is 0 Å². The lowest BCUT2D eigenvalue weighted by atomic mass is 9.96. The molecular weight excluding hydrogens is 346 g/mol. The molecule has 0 aromatic rings. The lowest BCUT2D eigenvalue weighted by Gasteiger charge is -2.36. The molecule has 0 radical (unpaired) electrons. The van der Waals surface area contributed by atoms with Crippen LogP contribution in [0, 0.1) is 5.41 Å². The van der Waals surface area contributed by atoms with Crippen molar-refractivity contribution in [2.75, 3.05) is 78.9 Å². The third-order valence-electron chi connectivity index (χ3n) is 4.65. The highest BCUT2D eigenvalue weighted by molar-refractivity contribution is 5.81. The Bertz CT molecular complexity index is 391. The van der Waals surface area contributed by atoms with Crippen LogP contribution in [0.3, 0.4) is 0 Å². The molecule has 0 bridgehead atoms. The summed E-state index contributed by atoms with van der Waals surface area (Å²) in [6.07, 6.45) is 0. The topological polar surface area (TPSA) is 63.3 Å². The van der Waals surface area contributed by atoms with Crippen LogP contribution >= 0.6 is 0 Å². The Kier molecular flexibility index (Phi) is 12.1. The second kappa shape index (κ2) is 13.4. The van der Waals surface area contributed by atoms with Crippen LogP contribution in [0.1, 0.15) is 34.6 Å². The smallest absolute Gasteiger partial charge is 0.225 e. The highest BCUT2D eigenvalue weighted by atomic mass is 16.5. The molecule has 1 aliphatic heterocycles. The van der Waals surface area contributed by atoms with Crippen molar-refractivity contribution in [3.63, 3.8) is 0 Å². The summed E-state index contributed by atoms with van der Waals surface area (Å²) in [5.74, 6) is 0.0429. The second-order valence-electron chi connectivity index (χ2n) is 8.31. The van der Waals surface area contributed by atoms with Gasteiger partial charge in [-0.2, -0.15) is 0 Å². The van der Waals surface area contributed by atoms with Crippen molar-refractivity contribution in [1.82, 2.24) is 15.1 Å². The molecule has 1 N–H and O–H groups in total. The number of nitrogens with zero attached hydrogens (tertiary/aromatic N) is 2. The third kappa shape index (κ3) is 11.7. The van der Waals surface area contributed by atoms with Crippen LogP contribution in [0.4, 0.5) is 0 Å². The maximum Gasteiger partial charge on any atom is 0.225 e. The van der Waals surface area contributed by atoms with Crippen molar-refractivity contribution < 1.29 is 19.0 Å². The Labute approximate surface area is 165 Å². The summed E-state index contributed by atoms with van der Waals surface area (Å²) in [5.41, 5.74) is -0.356. The van der Waals surface area contributed by atoms with Gasteiger partial charge in [0.2, 0.25) is 5.91 Å². The molecule has 27 heavy (non-hydrogen) atoms. The number of hydrogen-bond donors (Lipinski definition) is 1. The fourth-order valence-corrected chi connectivity index (χ4v) is 2.74. The first kappa shape index (κ1) is 24.3. The van der Waals surface area contributed by atoms with Crippen molar-refractivity contribution >= 4 is 5.91 Å². The Morgan fingerprint density at radius 2 is 1.41 bits per heavy atom. The first-order chi connectivity index (χ1) is 12.8. The van der Waals surface area contributed by atoms with Crippen molar-refractivity contribution in [2.24, 2.45) is 5.41 Å². The van der Waals surface area contributed by atoms with Crippen LogP contribution in [0.25, 0.3) is 0 Å². The number of carbonyl (C=O) groups excluding carboxylic acids is 1. The van der Waals surface area contributed by atoms with Crippen molar-refractivity contribution in [3.05, 3.63) is 0 Å². The van der Waals surface area contributed by atoms with Crippen LogP contribution in [0.15, 0.2) is 0 Å². The molecule has 160 valence electrons. The Morgan fingerprint density at radius 1 is 0.889 bits per heavy atom. The fraction of sp³-hybridized carbons (Fsp3) is 0.950. The summed E-state index contributed by atoms with van der Waals surface area (Å²) >= 11 is 0. The normalized spacial score (nSPS) is 16.8. The van der Waals surface area contributed by atoms with Gasteiger partial charge in [-0.1, -0.05) is 20.8 Å². The first-order valence-corrected chi connectivity index (χ1v) is 10.3. The van der Waals surface area contributed by atoms with Gasteiger partial charge < -0.3 is 19.5 Å². The standard InChI is InChI=1S/C20H41N3O4/c1-18(2)23-9-7-22(8-10-23)11-13-26-15-17-27-16-14-25-12-6-21-19(24)20(3,4)5/h18H,6-17H2,1-5H3,(H,21,24). The lowest BCUT2D eigenvalue weighted by Crippen LogP contribution is -2.49. The molecule has 0 aliphatic carbocycles. The van der Waals surface area contributed by atoms with E-state index in [1.165, 1.54) is 0 Å². The maximum atomic E-state index is 11.7. The number of nitrogens with one attached hydrogen (secondary N) is 1. The molecule has 1 aliphatic rings. The van der Waals surface area contributed by atoms with E-state index in [-0.39, 0.29) is 11.3 Å². The summed E-state index contributed by atoms with van der Waals surface area (Å²) in [4.78, 5) is 16.6. The number of amides is 1. The highest BCUT2D eigenvalue weighted by Gasteiger charge is 2.20. The predicted octanol–water partition coefficient (Wildman–Crippen LogP) is 1.22. The molecule has 0 atom stereocenters. The van der Waals surface area contributed by atoms with E-state index < -0.39 is 0 Å². The average Bonchev–Trinajstić information content (AvgIpc) is 2.62. The van der Waals surface area contributed by atoms with E-state index in [2.05, 4.69) is 29.0 Å². The SMILES string of the molecule is CC(C)N1CCN(CCOCCOCCOCCNC(=O)C(C)(C)C)CC1. The van der Waals surface area contributed by atoms with Crippen molar-refractivity contribution in [3.8, 4) is 0 Å². The largest absolute Gasteiger partial charge is 0.378 e. The number of rotatable bonds is 13. The minimum Gasteiger partial charge on any atom is -0.378 e. The zero-order valence-corrected chi connectivity index (χ0v) is 18.1. The van der Waals surface area contributed by atoms with E-state index >= 15 is 0 Å². The monoisotopic (exact) mass is 387 g/mol. The highest BCUT2D eigenvalue weighted by Crippen LogP contribution is 2.11. The van der Waals surface area contributed by atoms with E-state index in [1.54, 1.807) is 0 Å². The van der Waals surface area contributed by atoms with E-state index in [1.807, 2.05) is 20.8 Å². The molecule has 0 unspecified atom stereocenters. The van der Waals surface area contributed by atoms with Gasteiger partial charge in [-0.15, -0.1) is 0 Å². The number of carbonyl (C=O) groups is 1. The summed E-state index contributed by atoms with van der Waals surface area (Å²) in [6.45, 7) is 19.9. The fourth-order valence-electron chi connectivity index (χ4n) is 2.74. The van der Waals surface area contributed by atoms with Gasteiger partial charge in [0.1, 0.15) is 0 Å². The maximum absolute atomic E-state index is 11.7. The van der Waals surface area contributed by atoms with Gasteiger partial charge in [0.05, 0.1) is 39.6 Å². The predicted molar refractivity (Wildman–Crippen MR) is 108 cm³/mol. The van der Waals surface area contributed by atoms with E-state index in [0.29, 0.717) is 45.6 Å². The number of piperazine rings is 1. The van der Waals surface area contributed by atoms with Gasteiger partial charge in [0, 0.05) is 50.7 Å². The van der Waals surface area contributed by atoms with Gasteiger partial charge in [-0.05, 0) is 13.8 Å². The molecule has 7 heteroatoms. The van der Waals surface area contributed by atoms with E-state index in [0.717, 1.165) is 39.3 Å². The third-order valence-corrected chi connectivity index (χ3v) is 4.65. The molecule has 1 amide bonds. The van der Waals surface area contributed by atoms with Crippen LogP contribution in [0.2, 0.25) is 0 Å². The Balaban J connectivity index is 1.81. The molecule has 7 nitrogen and oxygen atoms in total. The summed E-state index contributed by atoms with van der Waals surface area (Å²) in [7, 11) is 0. The molecule has 1 heterocycles. The molecule has 1 fully saturated rings. The average molecular weight is 388 g/mol. The summed E-state index contributed by atoms with van der Waals surface area (Å²) < 4.78 is 16.6. The van der Waals surface area contributed by atoms with Crippen molar-refractivity contribution in [2.45, 2.75) is 40.7 Å². The minimum absolute atomic E-state index is 0.0429. The molecule has 0 saturated carbocycles. The Hall–Kier alpha value is -0.730. The van der Waals surface area contributed by atoms with Gasteiger partial charge in [-0.3, -0.25) is 14.6 Å². The zero-order chi connectivity index (χ0) is 20.1. The van der Waals surface area contributed by atoms with E-state index in [9.17, 15) is 4.79 Å². The lowest BCUT2D eigenvalue weighted by molar-refractivity contribution is -0.128. The molecule has 0 aromatic heterocycles. The van der Waals surface area contributed by atoms with Crippen molar-refractivity contribution in [1.29, 1.82) is 0 Å². The summed E-state index contributed by atoms with van der Waals surface area (Å²) in [5, 5.41) is 2.85. The molecular formula is C20H41N3O4. The molecule has 0 spiro atoms. The van der Waals surface area contributed by atoms with Gasteiger partial charge in [0.25, 0.3) is 0 Å². The summed E-state index contributed by atoms with van der Waals surface area (Å²) in [6, 6.07) is 0.645. The number of ether oxygens (including phenoxy) is 3. The Morgan fingerprint density at radius 3 is 1.93 bits per heavy atom. The molecule has 0 aromatic carbocycles. The van der Waals surface area contributed by atoms with Crippen LogP contribution in [-0.2, 0) is 19.0 Å². The van der Waals surface area contributed by atoms with Crippen LogP contribution in [-0.4, -0.2) is 101 Å².